The van der Waals surface area contributed by atoms with E-state index in [2.05, 4.69) is 0 Å². The zero-order chi connectivity index (χ0) is 9.31. The van der Waals surface area contributed by atoms with Crippen LogP contribution in [0.5, 0.6) is 0 Å². The van der Waals surface area contributed by atoms with Gasteiger partial charge in [-0.25, -0.2) is 0 Å². The molecule has 1 heterocycles. The second-order valence-electron chi connectivity index (χ2n) is 3.24. The second kappa shape index (κ2) is 3.26. The Morgan fingerprint density at radius 3 is 2.62 bits per heavy atom. The molecule has 2 atom stereocenters. The van der Waals surface area contributed by atoms with Crippen molar-refractivity contribution in [1.29, 1.82) is 0 Å². The molecule has 0 amide bonds. The maximum Gasteiger partial charge on any atom is 0.320 e. The van der Waals surface area contributed by atoms with Crippen molar-refractivity contribution in [2.24, 2.45) is 0 Å². The molecule has 0 radical (unpaired) electrons. The summed E-state index contributed by atoms with van der Waals surface area (Å²) in [4.78, 5) is 0. The second-order valence-corrected chi connectivity index (χ2v) is 4.23. The van der Waals surface area contributed by atoms with E-state index >= 15 is 0 Å². The first-order valence-electron chi connectivity index (χ1n) is 4.12. The van der Waals surface area contributed by atoms with Gasteiger partial charge in [0.1, 0.15) is 5.60 Å². The molecule has 0 N–H and O–H groups in total. The lowest BCUT2D eigenvalue weighted by Gasteiger charge is -2.20. The Hall–Kier alpha value is -0.630. The van der Waals surface area contributed by atoms with E-state index in [1.54, 1.807) is 0 Å². The predicted octanol–water partition coefficient (Wildman–Crippen LogP) is 2.34. The third-order valence-electron chi connectivity index (χ3n) is 2.16. The molecule has 1 fully saturated rings. The Balaban J connectivity index is 2.31. The van der Waals surface area contributed by atoms with Gasteiger partial charge in [-0.3, -0.25) is 9.09 Å². The third-order valence-corrected chi connectivity index (χ3v) is 3.16. The Kier molecular flexibility index (Phi) is 2.24. The summed E-state index contributed by atoms with van der Waals surface area (Å²) in [5, 5.41) is 0. The van der Waals surface area contributed by atoms with E-state index in [1.165, 1.54) is 0 Å². The van der Waals surface area contributed by atoms with Gasteiger partial charge in [0.05, 0.1) is 6.61 Å². The van der Waals surface area contributed by atoms with Crippen LogP contribution in [0, 0.1) is 0 Å². The molecule has 13 heavy (non-hydrogen) atoms. The highest BCUT2D eigenvalue weighted by atomic mass is 31.1. The van der Waals surface area contributed by atoms with E-state index in [0.29, 0.717) is 6.61 Å². The maximum atomic E-state index is 11.0. The van der Waals surface area contributed by atoms with E-state index < -0.39 is 13.9 Å². The molecule has 1 saturated heterocycles. The van der Waals surface area contributed by atoms with Crippen LogP contribution in [-0.2, 0) is 19.2 Å². The van der Waals surface area contributed by atoms with E-state index in [9.17, 15) is 4.57 Å². The zero-order valence-electron chi connectivity index (χ0n) is 7.32. The van der Waals surface area contributed by atoms with Gasteiger partial charge in [-0.05, 0) is 12.5 Å². The highest BCUT2D eigenvalue weighted by molar-refractivity contribution is 7.33. The van der Waals surface area contributed by atoms with Crippen LogP contribution in [0.15, 0.2) is 30.3 Å². The summed E-state index contributed by atoms with van der Waals surface area (Å²) < 4.78 is 21.2. The summed E-state index contributed by atoms with van der Waals surface area (Å²) in [5.41, 5.74) is 0.475. The first kappa shape index (κ1) is 8.95. The molecule has 1 aromatic rings. The Bertz CT molecular complexity index is 325. The summed E-state index contributed by atoms with van der Waals surface area (Å²) in [5.74, 6) is 0. The molecule has 3 nitrogen and oxygen atoms in total. The van der Waals surface area contributed by atoms with E-state index in [0.717, 1.165) is 5.56 Å². The molecule has 0 spiro atoms. The first-order chi connectivity index (χ1) is 6.21. The van der Waals surface area contributed by atoms with Crippen LogP contribution in [0.1, 0.15) is 12.5 Å². The lowest BCUT2D eigenvalue weighted by molar-refractivity contribution is 0.117. The van der Waals surface area contributed by atoms with Crippen molar-refractivity contribution >= 4 is 8.25 Å². The van der Waals surface area contributed by atoms with Crippen molar-refractivity contribution in [1.82, 2.24) is 0 Å². The van der Waals surface area contributed by atoms with Crippen molar-refractivity contribution < 1.29 is 13.6 Å². The fourth-order valence-corrected chi connectivity index (χ4v) is 2.37. The lowest BCUT2D eigenvalue weighted by Crippen LogP contribution is -2.22. The minimum absolute atomic E-state index is 0.370. The molecule has 1 aromatic carbocycles. The van der Waals surface area contributed by atoms with Crippen LogP contribution in [-0.4, -0.2) is 6.61 Å². The molecule has 4 heteroatoms. The van der Waals surface area contributed by atoms with Gasteiger partial charge >= 0.3 is 8.25 Å². The van der Waals surface area contributed by atoms with Crippen molar-refractivity contribution in [2.45, 2.75) is 12.5 Å². The van der Waals surface area contributed by atoms with Gasteiger partial charge in [0.15, 0.2) is 0 Å². The van der Waals surface area contributed by atoms with Crippen LogP contribution in [0.2, 0.25) is 0 Å². The van der Waals surface area contributed by atoms with E-state index in [4.69, 9.17) is 9.05 Å². The Morgan fingerprint density at radius 2 is 2.08 bits per heavy atom. The van der Waals surface area contributed by atoms with Crippen LogP contribution < -0.4 is 0 Å². The SMILES string of the molecule is CC1(c2ccccc2)CO[PH](=O)O1. The summed E-state index contributed by atoms with van der Waals surface area (Å²) in [6.45, 7) is 2.26. The quantitative estimate of drug-likeness (QED) is 0.649. The molecule has 0 bridgehead atoms. The smallest absolute Gasteiger partial charge is 0.307 e. The van der Waals surface area contributed by atoms with Gasteiger partial charge in [0.2, 0.25) is 0 Å². The number of hydrogen-bond acceptors (Lipinski definition) is 3. The molecule has 70 valence electrons. The third kappa shape index (κ3) is 1.68. The molecule has 0 aromatic heterocycles. The molecular formula is C9H11O3P. The van der Waals surface area contributed by atoms with Crippen molar-refractivity contribution in [3.63, 3.8) is 0 Å². The standard InChI is InChI=1S/C9H11O3P/c1-9(7-11-13(10)12-9)8-5-3-2-4-6-8/h2-6,13H,7H2,1H3. The molecule has 2 rings (SSSR count). The predicted molar refractivity (Wildman–Crippen MR) is 49.8 cm³/mol. The van der Waals surface area contributed by atoms with Crippen LogP contribution >= 0.6 is 8.25 Å². The molecular weight excluding hydrogens is 187 g/mol. The average Bonchev–Trinajstić information content (AvgIpc) is 2.49. The van der Waals surface area contributed by atoms with Crippen molar-refractivity contribution in [3.8, 4) is 0 Å². The molecule has 0 saturated carbocycles. The van der Waals surface area contributed by atoms with Crippen LogP contribution in [0.4, 0.5) is 0 Å². The number of rotatable bonds is 1. The van der Waals surface area contributed by atoms with Gasteiger partial charge in [0.25, 0.3) is 0 Å². The Morgan fingerprint density at radius 1 is 1.38 bits per heavy atom. The normalized spacial score (nSPS) is 33.5. The van der Waals surface area contributed by atoms with E-state index in [1.807, 2.05) is 37.3 Å². The minimum Gasteiger partial charge on any atom is -0.307 e. The van der Waals surface area contributed by atoms with Crippen LogP contribution in [0.3, 0.4) is 0 Å². The summed E-state index contributed by atoms with van der Waals surface area (Å²) in [6.07, 6.45) is 0. The van der Waals surface area contributed by atoms with Crippen molar-refractivity contribution in [3.05, 3.63) is 35.9 Å². The summed E-state index contributed by atoms with van der Waals surface area (Å²) in [6, 6.07) is 9.69. The fraction of sp³-hybridized carbons (Fsp3) is 0.333. The topological polar surface area (TPSA) is 35.5 Å². The zero-order valence-corrected chi connectivity index (χ0v) is 8.32. The summed E-state index contributed by atoms with van der Waals surface area (Å²) in [7, 11) is -2.26. The molecule has 0 aliphatic carbocycles. The van der Waals surface area contributed by atoms with Crippen LogP contribution in [0.25, 0.3) is 0 Å². The lowest BCUT2D eigenvalue weighted by atomic mass is 9.97. The van der Waals surface area contributed by atoms with Gasteiger partial charge in [-0.15, -0.1) is 0 Å². The highest BCUT2D eigenvalue weighted by Gasteiger charge is 2.36. The number of hydrogen-bond donors (Lipinski definition) is 0. The molecule has 2 unspecified atom stereocenters. The maximum absolute atomic E-state index is 11.0. The minimum atomic E-state index is -2.26. The fourth-order valence-electron chi connectivity index (χ4n) is 1.37. The van der Waals surface area contributed by atoms with Gasteiger partial charge < -0.3 is 4.52 Å². The van der Waals surface area contributed by atoms with Gasteiger partial charge in [-0.1, -0.05) is 30.3 Å². The van der Waals surface area contributed by atoms with Crippen molar-refractivity contribution in [2.75, 3.05) is 6.61 Å². The monoisotopic (exact) mass is 198 g/mol. The molecule has 1 aliphatic rings. The van der Waals surface area contributed by atoms with Gasteiger partial charge in [0, 0.05) is 0 Å². The molecule has 1 aliphatic heterocycles. The largest absolute Gasteiger partial charge is 0.320 e. The Labute approximate surface area is 77.6 Å². The van der Waals surface area contributed by atoms with E-state index in [-0.39, 0.29) is 0 Å². The number of benzene rings is 1. The summed E-state index contributed by atoms with van der Waals surface area (Å²) >= 11 is 0. The highest BCUT2D eigenvalue weighted by Crippen LogP contribution is 2.45. The first-order valence-corrected chi connectivity index (χ1v) is 5.34. The van der Waals surface area contributed by atoms with Gasteiger partial charge in [-0.2, -0.15) is 0 Å². The average molecular weight is 198 g/mol.